The van der Waals surface area contributed by atoms with Crippen LogP contribution < -0.4 is 10.2 Å². The number of hydrogen-bond acceptors (Lipinski definition) is 4. The van der Waals surface area contributed by atoms with Crippen molar-refractivity contribution >= 4 is 16.5 Å². The molecule has 2 heterocycles. The molecule has 1 aromatic heterocycles. The molecule has 0 atom stereocenters. The van der Waals surface area contributed by atoms with Crippen molar-refractivity contribution in [1.82, 2.24) is 10.3 Å². The highest BCUT2D eigenvalue weighted by molar-refractivity contribution is 7.13. The molecule has 1 N–H and O–H groups in total. The minimum atomic E-state index is 0.327. The second-order valence-corrected chi connectivity index (χ2v) is 4.99. The Labute approximate surface area is 89.1 Å². The van der Waals surface area contributed by atoms with E-state index in [1.165, 1.54) is 18.0 Å². The van der Waals surface area contributed by atoms with E-state index in [1.807, 2.05) is 11.6 Å². The van der Waals surface area contributed by atoms with Crippen molar-refractivity contribution in [3.8, 4) is 0 Å². The van der Waals surface area contributed by atoms with Gasteiger partial charge in [-0.05, 0) is 26.8 Å². The van der Waals surface area contributed by atoms with E-state index in [-0.39, 0.29) is 0 Å². The Morgan fingerprint density at radius 1 is 1.50 bits per heavy atom. The maximum Gasteiger partial charge on any atom is 0.185 e. The molecule has 1 aromatic rings. The lowest BCUT2D eigenvalue weighted by Crippen LogP contribution is -2.50. The van der Waals surface area contributed by atoms with Crippen LogP contribution >= 0.6 is 11.3 Å². The van der Waals surface area contributed by atoms with Crippen molar-refractivity contribution in [1.29, 1.82) is 0 Å². The highest BCUT2D eigenvalue weighted by Crippen LogP contribution is 2.26. The third-order valence-corrected chi connectivity index (χ3v) is 3.99. The molecule has 4 heteroatoms. The SMILES string of the molecule is CNC1(C)CCN(c2nccs2)CC1. The average Bonchev–Trinajstić information content (AvgIpc) is 2.72. The van der Waals surface area contributed by atoms with E-state index in [0.717, 1.165) is 13.1 Å². The Kier molecular flexibility index (Phi) is 2.74. The lowest BCUT2D eigenvalue weighted by Gasteiger charge is -2.39. The van der Waals surface area contributed by atoms with Gasteiger partial charge in [-0.2, -0.15) is 0 Å². The van der Waals surface area contributed by atoms with Crippen molar-refractivity contribution in [3.05, 3.63) is 11.6 Å². The van der Waals surface area contributed by atoms with Gasteiger partial charge in [0.15, 0.2) is 5.13 Å². The molecule has 0 unspecified atom stereocenters. The third-order valence-electron chi connectivity index (χ3n) is 3.16. The summed E-state index contributed by atoms with van der Waals surface area (Å²) < 4.78 is 0. The maximum atomic E-state index is 4.34. The van der Waals surface area contributed by atoms with E-state index in [0.29, 0.717) is 5.54 Å². The summed E-state index contributed by atoms with van der Waals surface area (Å²) in [5, 5.41) is 6.61. The minimum absolute atomic E-state index is 0.327. The molecular formula is C10H17N3S. The molecule has 0 bridgehead atoms. The molecular weight excluding hydrogens is 194 g/mol. The number of aromatic nitrogens is 1. The van der Waals surface area contributed by atoms with Crippen LogP contribution in [0.4, 0.5) is 5.13 Å². The number of anilines is 1. The van der Waals surface area contributed by atoms with Gasteiger partial charge in [-0.25, -0.2) is 4.98 Å². The van der Waals surface area contributed by atoms with E-state index in [2.05, 4.69) is 29.2 Å². The van der Waals surface area contributed by atoms with E-state index >= 15 is 0 Å². The van der Waals surface area contributed by atoms with Gasteiger partial charge >= 0.3 is 0 Å². The van der Waals surface area contributed by atoms with Gasteiger partial charge in [-0.15, -0.1) is 11.3 Å². The summed E-state index contributed by atoms with van der Waals surface area (Å²) in [5.74, 6) is 0. The average molecular weight is 211 g/mol. The first-order valence-corrected chi connectivity index (χ1v) is 5.95. The molecule has 1 aliphatic rings. The van der Waals surface area contributed by atoms with Crippen LogP contribution in [-0.4, -0.2) is 30.7 Å². The predicted molar refractivity (Wildman–Crippen MR) is 61.0 cm³/mol. The Bertz CT molecular complexity index is 276. The highest BCUT2D eigenvalue weighted by atomic mass is 32.1. The van der Waals surface area contributed by atoms with Crippen molar-refractivity contribution in [2.24, 2.45) is 0 Å². The summed E-state index contributed by atoms with van der Waals surface area (Å²) in [4.78, 5) is 6.72. The maximum absolute atomic E-state index is 4.34. The highest BCUT2D eigenvalue weighted by Gasteiger charge is 2.28. The zero-order valence-electron chi connectivity index (χ0n) is 8.79. The second kappa shape index (κ2) is 3.87. The van der Waals surface area contributed by atoms with Gasteiger partial charge in [-0.3, -0.25) is 0 Å². The number of rotatable bonds is 2. The van der Waals surface area contributed by atoms with Gasteiger partial charge in [0.25, 0.3) is 0 Å². The fraction of sp³-hybridized carbons (Fsp3) is 0.700. The van der Waals surface area contributed by atoms with Crippen LogP contribution in [0.5, 0.6) is 0 Å². The predicted octanol–water partition coefficient (Wildman–Crippen LogP) is 1.72. The molecule has 0 amide bonds. The standard InChI is InChI=1S/C10H17N3S/c1-10(11-2)3-6-13(7-4-10)9-12-5-8-14-9/h5,8,11H,3-4,6-7H2,1-2H3. The van der Waals surface area contributed by atoms with Crippen LogP contribution in [0.15, 0.2) is 11.6 Å². The van der Waals surface area contributed by atoms with Crippen LogP contribution in [0.2, 0.25) is 0 Å². The third kappa shape index (κ3) is 1.91. The fourth-order valence-electron chi connectivity index (χ4n) is 1.81. The van der Waals surface area contributed by atoms with Crippen molar-refractivity contribution in [3.63, 3.8) is 0 Å². The largest absolute Gasteiger partial charge is 0.348 e. The molecule has 0 saturated carbocycles. The Hall–Kier alpha value is -0.610. The van der Waals surface area contributed by atoms with E-state index in [9.17, 15) is 0 Å². The summed E-state index contributed by atoms with van der Waals surface area (Å²) in [7, 11) is 2.05. The summed E-state index contributed by atoms with van der Waals surface area (Å²) >= 11 is 1.73. The first kappa shape index (κ1) is 9.93. The monoisotopic (exact) mass is 211 g/mol. The molecule has 0 spiro atoms. The quantitative estimate of drug-likeness (QED) is 0.807. The van der Waals surface area contributed by atoms with Gasteiger partial charge < -0.3 is 10.2 Å². The summed E-state index contributed by atoms with van der Waals surface area (Å²) in [6.45, 7) is 4.53. The fourth-order valence-corrected chi connectivity index (χ4v) is 2.51. The summed E-state index contributed by atoms with van der Waals surface area (Å²) in [6, 6.07) is 0. The molecule has 78 valence electrons. The van der Waals surface area contributed by atoms with Crippen LogP contribution in [-0.2, 0) is 0 Å². The lowest BCUT2D eigenvalue weighted by molar-refractivity contribution is 0.305. The first-order valence-electron chi connectivity index (χ1n) is 5.07. The first-order chi connectivity index (χ1) is 6.73. The molecule has 0 radical (unpaired) electrons. The Morgan fingerprint density at radius 2 is 2.21 bits per heavy atom. The topological polar surface area (TPSA) is 28.2 Å². The number of thiazole rings is 1. The van der Waals surface area contributed by atoms with Crippen LogP contribution in [0.1, 0.15) is 19.8 Å². The molecule has 0 aliphatic carbocycles. The van der Waals surface area contributed by atoms with Gasteiger partial charge in [0, 0.05) is 30.2 Å². The molecule has 1 fully saturated rings. The number of nitrogens with zero attached hydrogens (tertiary/aromatic N) is 2. The molecule has 14 heavy (non-hydrogen) atoms. The van der Waals surface area contributed by atoms with Crippen molar-refractivity contribution < 1.29 is 0 Å². The van der Waals surface area contributed by atoms with Crippen molar-refractivity contribution in [2.45, 2.75) is 25.3 Å². The van der Waals surface area contributed by atoms with Gasteiger partial charge in [0.05, 0.1) is 0 Å². The van der Waals surface area contributed by atoms with E-state index in [1.54, 1.807) is 11.3 Å². The zero-order chi connectivity index (χ0) is 10.0. The Balaban J connectivity index is 1.97. The van der Waals surface area contributed by atoms with Crippen LogP contribution in [0.25, 0.3) is 0 Å². The molecule has 3 nitrogen and oxygen atoms in total. The van der Waals surface area contributed by atoms with Crippen LogP contribution in [0.3, 0.4) is 0 Å². The van der Waals surface area contributed by atoms with E-state index in [4.69, 9.17) is 0 Å². The zero-order valence-corrected chi connectivity index (χ0v) is 9.60. The smallest absolute Gasteiger partial charge is 0.185 e. The van der Waals surface area contributed by atoms with E-state index < -0.39 is 0 Å². The molecule has 1 saturated heterocycles. The van der Waals surface area contributed by atoms with Crippen LogP contribution in [0, 0.1) is 0 Å². The molecule has 1 aliphatic heterocycles. The minimum Gasteiger partial charge on any atom is -0.348 e. The van der Waals surface area contributed by atoms with Crippen molar-refractivity contribution in [2.75, 3.05) is 25.0 Å². The van der Waals surface area contributed by atoms with Gasteiger partial charge in [0.2, 0.25) is 0 Å². The Morgan fingerprint density at radius 3 is 2.71 bits per heavy atom. The molecule has 2 rings (SSSR count). The summed E-state index contributed by atoms with van der Waals surface area (Å²) in [5.41, 5.74) is 0.327. The normalized spacial score (nSPS) is 21.1. The number of nitrogens with one attached hydrogen (secondary N) is 1. The van der Waals surface area contributed by atoms with Gasteiger partial charge in [0.1, 0.15) is 0 Å². The number of piperidine rings is 1. The number of hydrogen-bond donors (Lipinski definition) is 1. The summed E-state index contributed by atoms with van der Waals surface area (Å²) in [6.07, 6.45) is 4.28. The molecule has 0 aromatic carbocycles. The second-order valence-electron chi connectivity index (χ2n) is 4.11. The van der Waals surface area contributed by atoms with Gasteiger partial charge in [-0.1, -0.05) is 0 Å². The lowest BCUT2D eigenvalue weighted by atomic mass is 9.90.